The Kier molecular flexibility index (Phi) is 7.69. The zero-order valence-corrected chi connectivity index (χ0v) is 29.0. The van der Waals surface area contributed by atoms with Crippen molar-refractivity contribution in [1.82, 2.24) is 29.9 Å². The molecular formula is C48H30N6. The fourth-order valence-corrected chi connectivity index (χ4v) is 7.23. The molecule has 10 rings (SSSR count). The summed E-state index contributed by atoms with van der Waals surface area (Å²) in [5.74, 6) is 0. The van der Waals surface area contributed by atoms with Gasteiger partial charge in [-0.1, -0.05) is 54.6 Å². The lowest BCUT2D eigenvalue weighted by Crippen LogP contribution is -1.91. The average Bonchev–Trinajstić information content (AvgIpc) is 3.27. The monoisotopic (exact) mass is 690 g/mol. The molecule has 6 heteroatoms. The molecule has 0 spiro atoms. The summed E-state index contributed by atoms with van der Waals surface area (Å²) in [5.41, 5.74) is 11.5. The normalized spacial score (nSPS) is 11.3. The van der Waals surface area contributed by atoms with Crippen LogP contribution in [-0.2, 0) is 0 Å². The number of nitrogens with zero attached hydrogens (tertiary/aromatic N) is 6. The Labute approximate surface area is 311 Å². The van der Waals surface area contributed by atoms with E-state index in [4.69, 9.17) is 15.0 Å². The maximum atomic E-state index is 4.87. The Bertz CT molecular complexity index is 2580. The molecule has 0 amide bonds. The van der Waals surface area contributed by atoms with Gasteiger partial charge in [0.2, 0.25) is 0 Å². The van der Waals surface area contributed by atoms with E-state index in [1.807, 2.05) is 73.2 Å². The minimum atomic E-state index is 0.904. The SMILES string of the molecule is c1ccc(-c2ccc(-c3ccc4c(c3)c3ccc(-c5ccc(-c6ccccn6)cn5)cc3c3ccc(-c5ccc(-c6ccccn6)cn5)cc43)nc2)nc1. The van der Waals surface area contributed by atoms with Crippen LogP contribution in [0.5, 0.6) is 0 Å². The lowest BCUT2D eigenvalue weighted by molar-refractivity contribution is 1.28. The molecule has 6 heterocycles. The summed E-state index contributed by atoms with van der Waals surface area (Å²) in [6, 6.07) is 50.2. The molecular weight excluding hydrogens is 661 g/mol. The van der Waals surface area contributed by atoms with Crippen LogP contribution in [0, 0.1) is 0 Å². The fourth-order valence-electron chi connectivity index (χ4n) is 7.23. The van der Waals surface area contributed by atoms with E-state index in [9.17, 15) is 0 Å². The van der Waals surface area contributed by atoms with Gasteiger partial charge in [-0.15, -0.1) is 0 Å². The van der Waals surface area contributed by atoms with Crippen molar-refractivity contribution in [3.8, 4) is 67.5 Å². The topological polar surface area (TPSA) is 77.3 Å². The van der Waals surface area contributed by atoms with Crippen LogP contribution in [0.15, 0.2) is 183 Å². The number of hydrogen-bond donors (Lipinski definition) is 0. The molecule has 0 atom stereocenters. The van der Waals surface area contributed by atoms with Crippen molar-refractivity contribution in [2.24, 2.45) is 0 Å². The van der Waals surface area contributed by atoms with Crippen molar-refractivity contribution >= 4 is 32.3 Å². The third-order valence-electron chi connectivity index (χ3n) is 9.99. The lowest BCUT2D eigenvalue weighted by Gasteiger charge is -2.15. The van der Waals surface area contributed by atoms with Gasteiger partial charge in [0.25, 0.3) is 0 Å². The molecule has 0 saturated carbocycles. The van der Waals surface area contributed by atoms with E-state index in [1.54, 1.807) is 18.6 Å². The minimum Gasteiger partial charge on any atom is -0.256 e. The minimum absolute atomic E-state index is 0.904. The molecule has 10 aromatic rings. The molecule has 0 aliphatic carbocycles. The highest BCUT2D eigenvalue weighted by molar-refractivity contribution is 6.26. The second-order valence-electron chi connectivity index (χ2n) is 13.2. The first-order chi connectivity index (χ1) is 26.7. The Morgan fingerprint density at radius 2 is 0.519 bits per heavy atom. The molecule has 0 unspecified atom stereocenters. The summed E-state index contributed by atoms with van der Waals surface area (Å²) >= 11 is 0. The molecule has 0 fully saturated rings. The van der Waals surface area contributed by atoms with E-state index in [0.29, 0.717) is 0 Å². The average molecular weight is 691 g/mol. The molecule has 0 saturated heterocycles. The van der Waals surface area contributed by atoms with Crippen LogP contribution in [-0.4, -0.2) is 29.9 Å². The fraction of sp³-hybridized carbons (Fsp3) is 0. The Morgan fingerprint density at radius 3 is 0.778 bits per heavy atom. The quantitative estimate of drug-likeness (QED) is 0.162. The van der Waals surface area contributed by atoms with Gasteiger partial charge in [0.15, 0.2) is 0 Å². The number of pyridine rings is 6. The molecule has 54 heavy (non-hydrogen) atoms. The second kappa shape index (κ2) is 13.3. The Hall–Kier alpha value is -7.44. The Morgan fingerprint density at radius 1 is 0.222 bits per heavy atom. The van der Waals surface area contributed by atoms with Gasteiger partial charge in [-0.2, -0.15) is 0 Å². The van der Waals surface area contributed by atoms with Crippen LogP contribution in [0.2, 0.25) is 0 Å². The third-order valence-corrected chi connectivity index (χ3v) is 9.99. The lowest BCUT2D eigenvalue weighted by atomic mass is 9.90. The summed E-state index contributed by atoms with van der Waals surface area (Å²) in [7, 11) is 0. The molecule has 6 aromatic heterocycles. The van der Waals surface area contributed by atoms with Gasteiger partial charge >= 0.3 is 0 Å². The predicted octanol–water partition coefficient (Wildman–Crippen LogP) is 11.5. The van der Waals surface area contributed by atoms with Crippen LogP contribution in [0.1, 0.15) is 0 Å². The highest BCUT2D eigenvalue weighted by atomic mass is 14.7. The Balaban J connectivity index is 1.12. The zero-order chi connectivity index (χ0) is 35.8. The molecule has 4 aromatic carbocycles. The highest BCUT2D eigenvalue weighted by Crippen LogP contribution is 2.40. The van der Waals surface area contributed by atoms with Gasteiger partial charge in [-0.25, -0.2) is 0 Å². The third kappa shape index (κ3) is 5.72. The maximum absolute atomic E-state index is 4.87. The van der Waals surface area contributed by atoms with E-state index < -0.39 is 0 Å². The van der Waals surface area contributed by atoms with Crippen LogP contribution < -0.4 is 0 Å². The van der Waals surface area contributed by atoms with Crippen molar-refractivity contribution in [3.05, 3.63) is 183 Å². The number of aromatic nitrogens is 6. The van der Waals surface area contributed by atoms with E-state index in [0.717, 1.165) is 83.7 Å². The van der Waals surface area contributed by atoms with Crippen molar-refractivity contribution < 1.29 is 0 Å². The maximum Gasteiger partial charge on any atom is 0.0717 e. The summed E-state index contributed by atoms with van der Waals surface area (Å²) in [5, 5.41) is 6.99. The molecule has 0 radical (unpaired) electrons. The van der Waals surface area contributed by atoms with E-state index in [-0.39, 0.29) is 0 Å². The van der Waals surface area contributed by atoms with Crippen molar-refractivity contribution in [2.75, 3.05) is 0 Å². The highest BCUT2D eigenvalue weighted by Gasteiger charge is 2.14. The largest absolute Gasteiger partial charge is 0.256 e. The molecule has 0 N–H and O–H groups in total. The molecule has 6 nitrogen and oxygen atoms in total. The molecule has 0 bridgehead atoms. The number of fused-ring (bicyclic) bond motifs is 6. The van der Waals surface area contributed by atoms with Crippen LogP contribution >= 0.6 is 0 Å². The first-order valence-electron chi connectivity index (χ1n) is 17.8. The first-order valence-corrected chi connectivity index (χ1v) is 17.8. The number of rotatable bonds is 6. The van der Waals surface area contributed by atoms with Crippen molar-refractivity contribution in [3.63, 3.8) is 0 Å². The molecule has 0 aliphatic heterocycles. The first kappa shape index (κ1) is 31.3. The van der Waals surface area contributed by atoms with Crippen molar-refractivity contribution in [1.29, 1.82) is 0 Å². The van der Waals surface area contributed by atoms with Gasteiger partial charge in [0.1, 0.15) is 0 Å². The van der Waals surface area contributed by atoms with E-state index in [2.05, 4.69) is 106 Å². The predicted molar refractivity (Wildman–Crippen MR) is 218 cm³/mol. The van der Waals surface area contributed by atoms with E-state index in [1.165, 1.54) is 16.2 Å². The summed E-state index contributed by atoms with van der Waals surface area (Å²) in [4.78, 5) is 28.1. The molecule has 252 valence electrons. The van der Waals surface area contributed by atoms with Gasteiger partial charge < -0.3 is 0 Å². The number of benzene rings is 4. The van der Waals surface area contributed by atoms with Crippen LogP contribution in [0.3, 0.4) is 0 Å². The van der Waals surface area contributed by atoms with E-state index >= 15 is 0 Å². The standard InChI is InChI=1S/C48H30N6/c1-4-22-49-43(7-1)34-13-19-46(52-28-34)31-10-16-37-40(25-31)38-17-11-32(47-20-14-35(29-53-47)44-8-2-5-23-50-44)27-42(38)39-18-12-33(26-41(37)39)48-21-15-36(30-54-48)45-9-3-6-24-51-45/h1-30H. The van der Waals surface area contributed by atoms with Gasteiger partial charge in [0.05, 0.1) is 34.2 Å². The van der Waals surface area contributed by atoms with Gasteiger partial charge in [0, 0.05) is 70.6 Å². The van der Waals surface area contributed by atoms with Crippen molar-refractivity contribution in [2.45, 2.75) is 0 Å². The van der Waals surface area contributed by atoms with Gasteiger partial charge in [-0.3, -0.25) is 29.9 Å². The van der Waals surface area contributed by atoms with Crippen LogP contribution in [0.25, 0.3) is 99.9 Å². The summed E-state index contributed by atoms with van der Waals surface area (Å²) < 4.78 is 0. The molecule has 0 aliphatic rings. The zero-order valence-electron chi connectivity index (χ0n) is 29.0. The summed E-state index contributed by atoms with van der Waals surface area (Å²) in [6.07, 6.45) is 11.1. The van der Waals surface area contributed by atoms with Gasteiger partial charge in [-0.05, 0) is 123 Å². The number of hydrogen-bond acceptors (Lipinski definition) is 6. The van der Waals surface area contributed by atoms with Crippen LogP contribution in [0.4, 0.5) is 0 Å². The summed E-state index contributed by atoms with van der Waals surface area (Å²) in [6.45, 7) is 0. The second-order valence-corrected chi connectivity index (χ2v) is 13.2. The smallest absolute Gasteiger partial charge is 0.0717 e.